The second-order valence-corrected chi connectivity index (χ2v) is 7.98. The lowest BCUT2D eigenvalue weighted by Gasteiger charge is -2.32. The summed E-state index contributed by atoms with van der Waals surface area (Å²) in [7, 11) is 0. The van der Waals surface area contributed by atoms with Gasteiger partial charge in [-0.3, -0.25) is 9.78 Å². The van der Waals surface area contributed by atoms with Crippen LogP contribution in [0.2, 0.25) is 0 Å². The summed E-state index contributed by atoms with van der Waals surface area (Å²) in [6.45, 7) is 2.03. The van der Waals surface area contributed by atoms with Crippen LogP contribution in [0.3, 0.4) is 0 Å². The second kappa shape index (κ2) is 9.79. The number of hydrogen-bond acceptors (Lipinski definition) is 3. The van der Waals surface area contributed by atoms with Crippen LogP contribution in [-0.4, -0.2) is 26.9 Å². The van der Waals surface area contributed by atoms with Gasteiger partial charge in [0.15, 0.2) is 0 Å². The van der Waals surface area contributed by atoms with Crippen LogP contribution >= 0.6 is 0 Å². The number of benzene rings is 3. The standard InChI is InChI=1S/C27H22F2N2O3/c1-2-25(18-6-8-22(28)9-7-18)31(16-17-4-3-5-19(12-17)27(33)34)26(32)21-13-20-14-23(29)10-11-24(20)30-15-21/h3-15,25H,2,16H2,1H3,(H,33,34)/t25-/m1/s1. The number of carbonyl (C=O) groups excluding carboxylic acids is 1. The Morgan fingerprint density at radius 1 is 0.941 bits per heavy atom. The molecule has 1 N–H and O–H groups in total. The van der Waals surface area contributed by atoms with Gasteiger partial charge in [0.1, 0.15) is 11.6 Å². The largest absolute Gasteiger partial charge is 0.478 e. The van der Waals surface area contributed by atoms with E-state index in [-0.39, 0.29) is 29.4 Å². The van der Waals surface area contributed by atoms with Gasteiger partial charge >= 0.3 is 5.97 Å². The number of carboxylic acid groups (broad SMARTS) is 1. The monoisotopic (exact) mass is 460 g/mol. The quantitative estimate of drug-likeness (QED) is 0.367. The van der Waals surface area contributed by atoms with Crippen molar-refractivity contribution in [1.29, 1.82) is 0 Å². The summed E-state index contributed by atoms with van der Waals surface area (Å²) in [5.74, 6) is -2.23. The van der Waals surface area contributed by atoms with Gasteiger partial charge in [-0.1, -0.05) is 31.2 Å². The zero-order chi connectivity index (χ0) is 24.2. The zero-order valence-electron chi connectivity index (χ0n) is 18.4. The first-order valence-electron chi connectivity index (χ1n) is 10.8. The van der Waals surface area contributed by atoms with E-state index >= 15 is 0 Å². The fraction of sp³-hybridized carbons (Fsp3) is 0.148. The molecule has 0 aliphatic rings. The normalized spacial score (nSPS) is 11.9. The van der Waals surface area contributed by atoms with Gasteiger partial charge in [-0.05, 0) is 66.1 Å². The molecular weight excluding hydrogens is 438 g/mol. The van der Waals surface area contributed by atoms with Gasteiger partial charge in [-0.15, -0.1) is 0 Å². The highest BCUT2D eigenvalue weighted by atomic mass is 19.1. The minimum Gasteiger partial charge on any atom is -0.478 e. The van der Waals surface area contributed by atoms with Crippen molar-refractivity contribution >= 4 is 22.8 Å². The smallest absolute Gasteiger partial charge is 0.335 e. The highest BCUT2D eigenvalue weighted by molar-refractivity contribution is 5.97. The molecule has 0 fully saturated rings. The van der Waals surface area contributed by atoms with E-state index in [1.165, 1.54) is 42.6 Å². The number of fused-ring (bicyclic) bond motifs is 1. The summed E-state index contributed by atoms with van der Waals surface area (Å²) in [5, 5.41) is 9.85. The number of nitrogens with zero attached hydrogens (tertiary/aromatic N) is 2. The number of pyridine rings is 1. The number of aromatic carboxylic acids is 1. The Morgan fingerprint density at radius 3 is 2.38 bits per heavy atom. The molecule has 7 heteroatoms. The number of rotatable bonds is 7. The Labute approximate surface area is 195 Å². The molecule has 0 saturated carbocycles. The maximum atomic E-state index is 13.8. The summed E-state index contributed by atoms with van der Waals surface area (Å²) in [4.78, 5) is 31.1. The predicted octanol–water partition coefficient (Wildman–Crippen LogP) is 6.00. The molecule has 5 nitrogen and oxygen atoms in total. The molecule has 4 rings (SSSR count). The number of aromatic nitrogens is 1. The van der Waals surface area contributed by atoms with Crippen molar-refractivity contribution in [1.82, 2.24) is 9.88 Å². The van der Waals surface area contributed by atoms with Gasteiger partial charge < -0.3 is 10.0 Å². The summed E-state index contributed by atoms with van der Waals surface area (Å²) < 4.78 is 27.3. The molecule has 0 radical (unpaired) electrons. The minimum atomic E-state index is -1.06. The summed E-state index contributed by atoms with van der Waals surface area (Å²) in [6, 6.07) is 17.7. The molecule has 1 heterocycles. The highest BCUT2D eigenvalue weighted by Crippen LogP contribution is 2.29. The van der Waals surface area contributed by atoms with Crippen LogP contribution in [0.5, 0.6) is 0 Å². The van der Waals surface area contributed by atoms with E-state index in [0.717, 1.165) is 5.56 Å². The molecule has 3 aromatic carbocycles. The van der Waals surface area contributed by atoms with Crippen LogP contribution in [-0.2, 0) is 6.54 Å². The van der Waals surface area contributed by atoms with Gasteiger partial charge in [-0.25, -0.2) is 13.6 Å². The summed E-state index contributed by atoms with van der Waals surface area (Å²) in [5.41, 5.74) is 2.32. The average Bonchev–Trinajstić information content (AvgIpc) is 2.84. The predicted molar refractivity (Wildman–Crippen MR) is 124 cm³/mol. The first kappa shape index (κ1) is 23.0. The molecule has 0 spiro atoms. The van der Waals surface area contributed by atoms with E-state index in [2.05, 4.69) is 4.98 Å². The molecule has 0 aliphatic carbocycles. The van der Waals surface area contributed by atoms with Crippen LogP contribution in [0.15, 0.2) is 79.0 Å². The second-order valence-electron chi connectivity index (χ2n) is 7.98. The number of halogens is 2. The Kier molecular flexibility index (Phi) is 6.63. The zero-order valence-corrected chi connectivity index (χ0v) is 18.4. The minimum absolute atomic E-state index is 0.113. The first-order valence-corrected chi connectivity index (χ1v) is 10.8. The lowest BCUT2D eigenvalue weighted by molar-refractivity contribution is 0.0652. The molecule has 4 aromatic rings. The molecule has 0 saturated heterocycles. The van der Waals surface area contributed by atoms with Crippen molar-refractivity contribution in [2.45, 2.75) is 25.9 Å². The molecule has 34 heavy (non-hydrogen) atoms. The molecule has 172 valence electrons. The van der Waals surface area contributed by atoms with Crippen molar-refractivity contribution in [2.75, 3.05) is 0 Å². The van der Waals surface area contributed by atoms with E-state index < -0.39 is 17.8 Å². The van der Waals surface area contributed by atoms with E-state index in [0.29, 0.717) is 22.9 Å². The van der Waals surface area contributed by atoms with E-state index in [9.17, 15) is 23.5 Å². The Balaban J connectivity index is 1.77. The summed E-state index contributed by atoms with van der Waals surface area (Å²) in [6.07, 6.45) is 1.98. The highest BCUT2D eigenvalue weighted by Gasteiger charge is 2.26. The molecular formula is C27H22F2N2O3. The van der Waals surface area contributed by atoms with Crippen LogP contribution in [0.1, 0.15) is 51.2 Å². The van der Waals surface area contributed by atoms with Crippen molar-refractivity contribution in [2.24, 2.45) is 0 Å². The van der Waals surface area contributed by atoms with Crippen molar-refractivity contribution in [3.05, 3.63) is 113 Å². The third-order valence-corrected chi connectivity index (χ3v) is 5.70. The van der Waals surface area contributed by atoms with Crippen LogP contribution in [0.25, 0.3) is 10.9 Å². The Morgan fingerprint density at radius 2 is 1.68 bits per heavy atom. The third kappa shape index (κ3) is 4.93. The van der Waals surface area contributed by atoms with Crippen LogP contribution in [0, 0.1) is 11.6 Å². The van der Waals surface area contributed by atoms with Crippen molar-refractivity contribution in [3.8, 4) is 0 Å². The maximum absolute atomic E-state index is 13.8. The Hall–Kier alpha value is -4.13. The van der Waals surface area contributed by atoms with Crippen molar-refractivity contribution in [3.63, 3.8) is 0 Å². The SMILES string of the molecule is CC[C@H](c1ccc(F)cc1)N(Cc1cccc(C(=O)O)c1)C(=O)c1cnc2ccc(F)cc2c1. The molecule has 0 bridgehead atoms. The number of carboxylic acids is 1. The number of carbonyl (C=O) groups is 2. The van der Waals surface area contributed by atoms with Crippen molar-refractivity contribution < 1.29 is 23.5 Å². The van der Waals surface area contributed by atoms with Gasteiger partial charge in [0.25, 0.3) is 5.91 Å². The van der Waals surface area contributed by atoms with Crippen LogP contribution in [0.4, 0.5) is 8.78 Å². The van der Waals surface area contributed by atoms with Crippen LogP contribution < -0.4 is 0 Å². The molecule has 0 unspecified atom stereocenters. The Bertz CT molecular complexity index is 1360. The fourth-order valence-corrected chi connectivity index (χ4v) is 4.03. The fourth-order valence-electron chi connectivity index (χ4n) is 4.03. The van der Waals surface area contributed by atoms with Gasteiger partial charge in [0.05, 0.1) is 22.7 Å². The van der Waals surface area contributed by atoms with Gasteiger partial charge in [-0.2, -0.15) is 0 Å². The van der Waals surface area contributed by atoms with E-state index in [1.54, 1.807) is 41.3 Å². The summed E-state index contributed by atoms with van der Waals surface area (Å²) >= 11 is 0. The third-order valence-electron chi connectivity index (χ3n) is 5.70. The lowest BCUT2D eigenvalue weighted by atomic mass is 10.00. The van der Waals surface area contributed by atoms with E-state index in [1.807, 2.05) is 6.92 Å². The average molecular weight is 460 g/mol. The number of hydrogen-bond donors (Lipinski definition) is 1. The molecule has 1 amide bonds. The van der Waals surface area contributed by atoms with Gasteiger partial charge in [0.2, 0.25) is 0 Å². The van der Waals surface area contributed by atoms with E-state index in [4.69, 9.17) is 0 Å². The molecule has 1 atom stereocenters. The molecule has 0 aliphatic heterocycles. The lowest BCUT2D eigenvalue weighted by Crippen LogP contribution is -2.34. The van der Waals surface area contributed by atoms with Gasteiger partial charge in [0, 0.05) is 18.1 Å². The maximum Gasteiger partial charge on any atom is 0.335 e. The first-order chi connectivity index (χ1) is 16.4. The topological polar surface area (TPSA) is 70.5 Å². The molecule has 1 aromatic heterocycles. The number of amides is 1.